The first kappa shape index (κ1) is 20.0. The highest BCUT2D eigenvalue weighted by atomic mass is 16.7. The summed E-state index contributed by atoms with van der Waals surface area (Å²) in [7, 11) is 0. The van der Waals surface area contributed by atoms with Crippen LogP contribution in [-0.2, 0) is 16.1 Å². The van der Waals surface area contributed by atoms with Crippen LogP contribution in [-0.4, -0.2) is 41.0 Å². The molecule has 0 saturated carbocycles. The van der Waals surface area contributed by atoms with Crippen molar-refractivity contribution in [3.63, 3.8) is 0 Å². The second-order valence-corrected chi connectivity index (χ2v) is 8.55. The molecule has 1 fully saturated rings. The molecule has 7 nitrogen and oxygen atoms in total. The molecule has 1 saturated heterocycles. The van der Waals surface area contributed by atoms with Crippen LogP contribution >= 0.6 is 0 Å². The summed E-state index contributed by atoms with van der Waals surface area (Å²) in [6.45, 7) is 4.34. The number of para-hydroxylation sites is 1. The van der Waals surface area contributed by atoms with Crippen molar-refractivity contribution in [2.45, 2.75) is 45.1 Å². The summed E-state index contributed by atoms with van der Waals surface area (Å²) in [4.78, 5) is 24.9. The maximum Gasteiger partial charge on any atom is 0.223 e. The molecule has 0 aromatic heterocycles. The largest absolute Gasteiger partial charge is 0.491 e. The molecule has 3 unspecified atom stereocenters. The Balaban J connectivity index is 1.46. The number of carbonyl (C=O) groups excluding carboxylic acids is 1. The van der Waals surface area contributed by atoms with Crippen LogP contribution in [0.15, 0.2) is 47.5 Å². The van der Waals surface area contributed by atoms with E-state index in [2.05, 4.69) is 11.5 Å². The van der Waals surface area contributed by atoms with E-state index in [0.717, 1.165) is 28.9 Å². The number of benzene rings is 2. The highest BCUT2D eigenvalue weighted by molar-refractivity contribution is 6.01. The fraction of sp³-hybridized carbons (Fsp3) is 0.417. The maximum atomic E-state index is 12.4. The van der Waals surface area contributed by atoms with Gasteiger partial charge in [-0.25, -0.2) is 15.3 Å². The molecule has 0 spiro atoms. The van der Waals surface area contributed by atoms with E-state index in [-0.39, 0.29) is 30.6 Å². The zero-order chi connectivity index (χ0) is 21.5. The van der Waals surface area contributed by atoms with Crippen LogP contribution in [0.5, 0.6) is 5.75 Å². The second-order valence-electron chi connectivity index (χ2n) is 8.55. The average Bonchev–Trinajstić information content (AvgIpc) is 3.43. The van der Waals surface area contributed by atoms with E-state index in [1.165, 1.54) is 5.56 Å². The van der Waals surface area contributed by atoms with Crippen LogP contribution in [0.4, 0.5) is 0 Å². The van der Waals surface area contributed by atoms with E-state index in [4.69, 9.17) is 14.6 Å². The molecule has 2 aromatic carbocycles. The van der Waals surface area contributed by atoms with Crippen molar-refractivity contribution in [3.05, 3.63) is 64.7 Å². The van der Waals surface area contributed by atoms with Gasteiger partial charge in [-0.3, -0.25) is 4.79 Å². The van der Waals surface area contributed by atoms with Gasteiger partial charge in [-0.1, -0.05) is 36.4 Å². The molecule has 2 aliphatic heterocycles. The normalized spacial score (nSPS) is 24.3. The van der Waals surface area contributed by atoms with Gasteiger partial charge in [0.25, 0.3) is 0 Å². The second kappa shape index (κ2) is 7.98. The minimum absolute atomic E-state index is 0.0222. The minimum Gasteiger partial charge on any atom is -0.491 e. The van der Waals surface area contributed by atoms with Crippen molar-refractivity contribution in [2.24, 2.45) is 10.9 Å². The van der Waals surface area contributed by atoms with Crippen LogP contribution in [0.1, 0.15) is 54.8 Å². The SMILES string of the molecule is CC(C)Oc1ccccc1C1N=C(c2cccc3c2CC2CC(=O)N(CCO)C32)NO1. The molecule has 31 heavy (non-hydrogen) atoms. The molecular weight excluding hydrogens is 394 g/mol. The Bertz CT molecular complexity index is 1040. The lowest BCUT2D eigenvalue weighted by molar-refractivity contribution is -0.129. The summed E-state index contributed by atoms with van der Waals surface area (Å²) in [5.41, 5.74) is 7.26. The number of aliphatic hydroxyl groups excluding tert-OH is 1. The maximum absolute atomic E-state index is 12.4. The van der Waals surface area contributed by atoms with Gasteiger partial charge >= 0.3 is 0 Å². The fourth-order valence-corrected chi connectivity index (χ4v) is 5.02. The lowest BCUT2D eigenvalue weighted by atomic mass is 10.0. The monoisotopic (exact) mass is 421 g/mol. The molecule has 1 aliphatic carbocycles. The number of likely N-dealkylation sites (tertiary alicyclic amines) is 1. The van der Waals surface area contributed by atoms with Crippen molar-refractivity contribution in [3.8, 4) is 5.75 Å². The van der Waals surface area contributed by atoms with Gasteiger partial charge in [-0.2, -0.15) is 0 Å². The zero-order valence-electron chi connectivity index (χ0n) is 17.7. The predicted molar refractivity (Wildman–Crippen MR) is 115 cm³/mol. The molecule has 0 bridgehead atoms. The summed E-state index contributed by atoms with van der Waals surface area (Å²) in [5, 5.41) is 9.40. The molecule has 5 rings (SSSR count). The number of hydroxylamine groups is 1. The molecule has 1 amide bonds. The first-order valence-corrected chi connectivity index (χ1v) is 10.8. The van der Waals surface area contributed by atoms with Gasteiger partial charge in [0.1, 0.15) is 5.75 Å². The number of carbonyl (C=O) groups is 1. The number of hydrogen-bond donors (Lipinski definition) is 2. The minimum atomic E-state index is -0.492. The Labute approximate surface area is 181 Å². The van der Waals surface area contributed by atoms with Crippen LogP contribution in [0.3, 0.4) is 0 Å². The molecule has 3 aliphatic rings. The van der Waals surface area contributed by atoms with Crippen molar-refractivity contribution in [1.29, 1.82) is 0 Å². The quantitative estimate of drug-likeness (QED) is 0.749. The summed E-state index contributed by atoms with van der Waals surface area (Å²) < 4.78 is 5.93. The summed E-state index contributed by atoms with van der Waals surface area (Å²) in [6, 6.07) is 14.0. The smallest absolute Gasteiger partial charge is 0.223 e. The van der Waals surface area contributed by atoms with Crippen molar-refractivity contribution >= 4 is 11.7 Å². The number of aliphatic hydroxyl groups is 1. The first-order valence-electron chi connectivity index (χ1n) is 10.8. The molecular formula is C24H27N3O4. The Morgan fingerprint density at radius 3 is 2.81 bits per heavy atom. The first-order chi connectivity index (χ1) is 15.1. The molecule has 2 N–H and O–H groups in total. The van der Waals surface area contributed by atoms with Gasteiger partial charge in [0.05, 0.1) is 18.8 Å². The van der Waals surface area contributed by atoms with Gasteiger partial charge in [0.2, 0.25) is 12.1 Å². The van der Waals surface area contributed by atoms with Gasteiger partial charge in [-0.15, -0.1) is 0 Å². The Kier molecular flexibility index (Phi) is 5.16. The van der Waals surface area contributed by atoms with E-state index >= 15 is 0 Å². The third kappa shape index (κ3) is 3.47. The number of ether oxygens (including phenoxy) is 1. The number of nitrogens with one attached hydrogen (secondary N) is 1. The number of hydrogen-bond acceptors (Lipinski definition) is 6. The number of rotatable bonds is 6. The Hall–Kier alpha value is -2.90. The molecule has 2 aromatic rings. The number of amidine groups is 1. The Morgan fingerprint density at radius 1 is 1.19 bits per heavy atom. The van der Waals surface area contributed by atoms with Crippen LogP contribution < -0.4 is 10.2 Å². The summed E-state index contributed by atoms with van der Waals surface area (Å²) in [5.74, 6) is 1.83. The third-order valence-electron chi connectivity index (χ3n) is 6.19. The van der Waals surface area contributed by atoms with Gasteiger partial charge in [0, 0.05) is 24.1 Å². The van der Waals surface area contributed by atoms with E-state index in [1.54, 1.807) is 0 Å². The highest BCUT2D eigenvalue weighted by Gasteiger charge is 2.46. The van der Waals surface area contributed by atoms with Gasteiger partial charge in [0.15, 0.2) is 5.84 Å². The van der Waals surface area contributed by atoms with E-state index in [0.29, 0.717) is 18.8 Å². The molecule has 162 valence electrons. The zero-order valence-corrected chi connectivity index (χ0v) is 17.7. The predicted octanol–water partition coefficient (Wildman–Crippen LogP) is 2.89. The van der Waals surface area contributed by atoms with E-state index in [9.17, 15) is 9.90 Å². The van der Waals surface area contributed by atoms with Gasteiger partial charge in [-0.05, 0) is 43.4 Å². The van der Waals surface area contributed by atoms with Crippen LogP contribution in [0.25, 0.3) is 0 Å². The number of aliphatic imine (C=N–C) groups is 1. The summed E-state index contributed by atoms with van der Waals surface area (Å²) in [6.07, 6.45) is 0.912. The highest BCUT2D eigenvalue weighted by Crippen LogP contribution is 2.48. The van der Waals surface area contributed by atoms with E-state index < -0.39 is 6.23 Å². The number of fused-ring (bicyclic) bond motifs is 3. The van der Waals surface area contributed by atoms with Crippen molar-refractivity contribution in [1.82, 2.24) is 10.4 Å². The summed E-state index contributed by atoms with van der Waals surface area (Å²) >= 11 is 0. The number of nitrogens with zero attached hydrogens (tertiary/aromatic N) is 2. The lowest BCUT2D eigenvalue weighted by Crippen LogP contribution is -2.30. The molecule has 0 radical (unpaired) electrons. The molecule has 3 atom stereocenters. The lowest BCUT2D eigenvalue weighted by Gasteiger charge is -2.24. The molecule has 7 heteroatoms. The topological polar surface area (TPSA) is 83.4 Å². The fourth-order valence-electron chi connectivity index (χ4n) is 5.02. The van der Waals surface area contributed by atoms with E-state index in [1.807, 2.05) is 55.1 Å². The van der Waals surface area contributed by atoms with Crippen LogP contribution in [0, 0.1) is 5.92 Å². The van der Waals surface area contributed by atoms with Gasteiger partial charge < -0.3 is 14.7 Å². The van der Waals surface area contributed by atoms with Crippen LogP contribution in [0.2, 0.25) is 0 Å². The Morgan fingerprint density at radius 2 is 2.00 bits per heavy atom. The number of amides is 1. The third-order valence-corrected chi connectivity index (χ3v) is 6.19. The number of β-amino-alcohol motifs (C(OH)–C–C–N with tert-alkyl or cyclic N) is 1. The van der Waals surface area contributed by atoms with Crippen molar-refractivity contribution in [2.75, 3.05) is 13.2 Å². The van der Waals surface area contributed by atoms with Crippen molar-refractivity contribution < 1.29 is 19.5 Å². The molecule has 2 heterocycles. The standard InChI is InChI=1S/C24H27N3O4/c1-14(2)30-20-9-4-3-6-18(20)24-25-23(26-31-24)17-8-5-7-16-19(17)12-15-13-21(29)27(10-11-28)22(15)16/h3-9,14-15,22,24,28H,10-13H2,1-2H3,(H,25,26). The average molecular weight is 421 g/mol.